The van der Waals surface area contributed by atoms with E-state index in [4.69, 9.17) is 0 Å². The summed E-state index contributed by atoms with van der Waals surface area (Å²) in [7, 11) is -4.79. The fourth-order valence-corrected chi connectivity index (χ4v) is 3.80. The van der Waals surface area contributed by atoms with Crippen LogP contribution in [0.25, 0.3) is 0 Å². The van der Waals surface area contributed by atoms with Gasteiger partial charge in [-0.1, -0.05) is 18.2 Å². The van der Waals surface area contributed by atoms with Gasteiger partial charge >= 0.3 is 29.6 Å². The average Bonchev–Trinajstić information content (AvgIpc) is 2.83. The standard InChI is InChI=1S/C13H15N3O5S.Na/c17-11(8-14-9-4-2-1-3-5-9)15-7-6-10-12(15)13(18)16(10)22(19,20)21;/h1-5,10,12,14H,6-8H2,(H,19,20,21);/q;+1/p-1/t10-,12+;/m1./s1. The Kier molecular flexibility index (Phi) is 5.37. The zero-order valence-corrected chi connectivity index (χ0v) is 15.3. The maximum atomic E-state index is 12.2. The maximum Gasteiger partial charge on any atom is 1.00 e. The summed E-state index contributed by atoms with van der Waals surface area (Å²) in [4.78, 5) is 25.3. The quantitative estimate of drug-likeness (QED) is 0.342. The van der Waals surface area contributed by atoms with Crippen molar-refractivity contribution in [3.05, 3.63) is 30.3 Å². The van der Waals surface area contributed by atoms with Gasteiger partial charge in [-0.2, -0.15) is 0 Å². The van der Waals surface area contributed by atoms with Crippen LogP contribution >= 0.6 is 0 Å². The molecule has 1 N–H and O–H groups in total. The molecule has 0 saturated carbocycles. The summed E-state index contributed by atoms with van der Waals surface area (Å²) >= 11 is 0. The molecule has 2 saturated heterocycles. The minimum atomic E-state index is -4.79. The summed E-state index contributed by atoms with van der Waals surface area (Å²) in [5.74, 6) is -1.11. The van der Waals surface area contributed by atoms with Crippen LogP contribution in [0.5, 0.6) is 0 Å². The van der Waals surface area contributed by atoms with E-state index in [1.165, 1.54) is 4.90 Å². The molecule has 0 aromatic heterocycles. The molecule has 1 aromatic carbocycles. The summed E-state index contributed by atoms with van der Waals surface area (Å²) in [6, 6.07) is 7.57. The van der Waals surface area contributed by atoms with Crippen LogP contribution in [0.2, 0.25) is 0 Å². The number of para-hydroxylation sites is 1. The van der Waals surface area contributed by atoms with Crippen LogP contribution in [-0.4, -0.2) is 59.2 Å². The Morgan fingerprint density at radius 3 is 2.57 bits per heavy atom. The van der Waals surface area contributed by atoms with Crippen LogP contribution in [0.1, 0.15) is 6.42 Å². The van der Waals surface area contributed by atoms with Crippen LogP contribution in [0, 0.1) is 0 Å². The molecule has 8 nitrogen and oxygen atoms in total. The third-order valence-corrected chi connectivity index (χ3v) is 4.85. The molecule has 0 unspecified atom stereocenters. The van der Waals surface area contributed by atoms with Gasteiger partial charge in [-0.15, -0.1) is 0 Å². The van der Waals surface area contributed by atoms with Gasteiger partial charge in [-0.05, 0) is 18.6 Å². The number of carbonyl (C=O) groups is 2. The summed E-state index contributed by atoms with van der Waals surface area (Å²) in [6.07, 6.45) is 0.301. The van der Waals surface area contributed by atoms with Crippen LogP contribution < -0.4 is 34.9 Å². The SMILES string of the molecule is O=C(CNc1ccccc1)N1CC[C@@H]2[C@H]1C(=O)N2S(=O)(=O)[O-].[Na+]. The number of anilines is 1. The van der Waals surface area contributed by atoms with Crippen LogP contribution in [0.3, 0.4) is 0 Å². The zero-order valence-electron chi connectivity index (χ0n) is 12.5. The van der Waals surface area contributed by atoms with Crippen molar-refractivity contribution in [2.75, 3.05) is 18.4 Å². The average molecular weight is 347 g/mol. The fraction of sp³-hybridized carbons (Fsp3) is 0.385. The Labute approximate surface area is 156 Å². The molecule has 118 valence electrons. The molecule has 2 amide bonds. The fourth-order valence-electron chi connectivity index (χ4n) is 2.92. The Hall–Kier alpha value is -1.13. The van der Waals surface area contributed by atoms with Crippen molar-refractivity contribution in [2.45, 2.75) is 18.5 Å². The van der Waals surface area contributed by atoms with Gasteiger partial charge in [-0.25, -0.2) is 12.7 Å². The molecular formula is C13H14N3NaO5S. The smallest absolute Gasteiger partial charge is 0.731 e. The predicted molar refractivity (Wildman–Crippen MR) is 75.4 cm³/mol. The molecule has 23 heavy (non-hydrogen) atoms. The molecule has 2 fully saturated rings. The van der Waals surface area contributed by atoms with Gasteiger partial charge in [0.15, 0.2) is 10.3 Å². The van der Waals surface area contributed by atoms with Crippen molar-refractivity contribution >= 4 is 27.8 Å². The first-order valence-electron chi connectivity index (χ1n) is 6.77. The number of amides is 2. The minimum absolute atomic E-state index is 0. The second-order valence-corrected chi connectivity index (χ2v) is 6.45. The van der Waals surface area contributed by atoms with Gasteiger partial charge in [0.05, 0.1) is 12.6 Å². The molecule has 10 heteroatoms. The van der Waals surface area contributed by atoms with E-state index in [9.17, 15) is 22.6 Å². The van der Waals surface area contributed by atoms with Crippen molar-refractivity contribution < 1.29 is 52.1 Å². The number of rotatable bonds is 4. The van der Waals surface area contributed by atoms with Crippen LogP contribution in [-0.2, 0) is 19.9 Å². The van der Waals surface area contributed by atoms with Gasteiger partial charge in [0.2, 0.25) is 5.91 Å². The molecule has 2 aliphatic heterocycles. The predicted octanol–water partition coefficient (Wildman–Crippen LogP) is -3.63. The molecule has 0 bridgehead atoms. The first kappa shape index (κ1) is 18.2. The molecule has 0 radical (unpaired) electrons. The van der Waals surface area contributed by atoms with Gasteiger partial charge in [0.1, 0.15) is 6.04 Å². The van der Waals surface area contributed by atoms with Crippen molar-refractivity contribution in [1.29, 1.82) is 0 Å². The van der Waals surface area contributed by atoms with E-state index in [1.54, 1.807) is 12.1 Å². The van der Waals surface area contributed by atoms with Gasteiger partial charge in [0.25, 0.3) is 5.91 Å². The third kappa shape index (κ3) is 3.38. The molecule has 2 heterocycles. The maximum absolute atomic E-state index is 12.2. The summed E-state index contributed by atoms with van der Waals surface area (Å²) in [6.45, 7) is 0.271. The van der Waals surface area contributed by atoms with E-state index >= 15 is 0 Å². The molecule has 0 aliphatic carbocycles. The van der Waals surface area contributed by atoms with Crippen molar-refractivity contribution in [1.82, 2.24) is 9.21 Å². The number of β-lactam (4-membered cyclic amide) rings is 1. The first-order valence-corrected chi connectivity index (χ1v) is 8.13. The first-order chi connectivity index (χ1) is 10.4. The number of nitrogens with zero attached hydrogens (tertiary/aromatic N) is 2. The topological polar surface area (TPSA) is 110 Å². The molecule has 0 spiro atoms. The largest absolute Gasteiger partial charge is 1.00 e. The number of hydrogen-bond acceptors (Lipinski definition) is 6. The van der Waals surface area contributed by atoms with E-state index in [0.29, 0.717) is 10.7 Å². The Bertz CT molecular complexity index is 712. The van der Waals surface area contributed by atoms with Crippen LogP contribution in [0.4, 0.5) is 5.69 Å². The van der Waals surface area contributed by atoms with E-state index in [1.807, 2.05) is 18.2 Å². The summed E-state index contributed by atoms with van der Waals surface area (Å²) in [5, 5.41) is 2.94. The minimum Gasteiger partial charge on any atom is -0.731 e. The normalized spacial score (nSPS) is 22.9. The van der Waals surface area contributed by atoms with Crippen molar-refractivity contribution in [3.8, 4) is 0 Å². The number of hydrogen-bond donors (Lipinski definition) is 1. The van der Waals surface area contributed by atoms with E-state index in [-0.39, 0.29) is 48.6 Å². The van der Waals surface area contributed by atoms with Gasteiger partial charge in [0, 0.05) is 12.2 Å². The van der Waals surface area contributed by atoms with Gasteiger partial charge in [-0.3, -0.25) is 9.59 Å². The second kappa shape index (κ2) is 6.78. The number of nitrogens with one attached hydrogen (secondary N) is 1. The Morgan fingerprint density at radius 1 is 1.30 bits per heavy atom. The number of likely N-dealkylation sites (tertiary alicyclic amines) is 1. The van der Waals surface area contributed by atoms with Crippen molar-refractivity contribution in [3.63, 3.8) is 0 Å². The van der Waals surface area contributed by atoms with E-state index < -0.39 is 28.3 Å². The molecule has 2 aliphatic rings. The monoisotopic (exact) mass is 347 g/mol. The summed E-state index contributed by atoms with van der Waals surface area (Å²) < 4.78 is 33.3. The number of benzene rings is 1. The number of fused-ring (bicyclic) bond motifs is 1. The van der Waals surface area contributed by atoms with Crippen LogP contribution in [0.15, 0.2) is 30.3 Å². The Balaban J connectivity index is 0.00000192. The Morgan fingerprint density at radius 2 is 1.96 bits per heavy atom. The van der Waals surface area contributed by atoms with E-state index in [0.717, 1.165) is 5.69 Å². The molecule has 2 atom stereocenters. The molecule has 3 rings (SSSR count). The third-order valence-electron chi connectivity index (χ3n) is 3.92. The van der Waals surface area contributed by atoms with Crippen molar-refractivity contribution in [2.24, 2.45) is 0 Å². The molecule has 1 aromatic rings. The molecular weight excluding hydrogens is 333 g/mol. The number of carbonyl (C=O) groups excluding carboxylic acids is 2. The second-order valence-electron chi connectivity index (χ2n) is 5.20. The summed E-state index contributed by atoms with van der Waals surface area (Å²) in [5.41, 5.74) is 0.773. The zero-order chi connectivity index (χ0) is 15.9. The van der Waals surface area contributed by atoms with Gasteiger partial charge < -0.3 is 14.8 Å². The van der Waals surface area contributed by atoms with E-state index in [2.05, 4.69) is 5.32 Å².